The first-order valence-corrected chi connectivity index (χ1v) is 17.3. The van der Waals surface area contributed by atoms with Crippen LogP contribution in [0.2, 0.25) is 0 Å². The molecule has 0 spiro atoms. The highest BCUT2D eigenvalue weighted by Gasteiger charge is 2.39. The zero-order chi connectivity index (χ0) is 42.1. The first-order chi connectivity index (χ1) is 25.7. The fraction of sp³-hybridized carbons (Fsp3) is 0.390. The van der Waals surface area contributed by atoms with Crippen LogP contribution < -0.4 is 14.8 Å². The molecule has 0 saturated heterocycles. The van der Waals surface area contributed by atoms with Gasteiger partial charge in [-0.3, -0.25) is 0 Å². The van der Waals surface area contributed by atoms with Gasteiger partial charge in [0.15, 0.2) is 0 Å². The molecule has 4 rings (SSSR count). The summed E-state index contributed by atoms with van der Waals surface area (Å²) in [6.45, 7) is 11.6. The Labute approximate surface area is 318 Å². The van der Waals surface area contributed by atoms with E-state index in [2.05, 4.69) is 5.32 Å². The standard InChI is InChI=1S/C41H41F10NO4/c1-21(2)31-18-32(35(54-8)19-33(31)42)30-11-9-27(39(43,44)45)16-25(30)20-52-23(4)36(24-14-28(40(46,47)48)17-29(15-24)41(49,50)51)56-37(53)55-34-12-10-26(13-22(34)3)38(5,6)7/h9-19,21,23,36,52H,20H2,1-8H3/t23-,36-/m0/s1. The van der Waals surface area contributed by atoms with Gasteiger partial charge in [-0.2, -0.15) is 39.5 Å². The lowest BCUT2D eigenvalue weighted by molar-refractivity contribution is -0.143. The molecule has 1 N–H and O–H groups in total. The summed E-state index contributed by atoms with van der Waals surface area (Å²) in [5, 5.41) is 2.82. The second-order valence-corrected chi connectivity index (χ2v) is 14.7. The summed E-state index contributed by atoms with van der Waals surface area (Å²) in [6.07, 6.45) is -18.7. The molecular weight excluding hydrogens is 760 g/mol. The summed E-state index contributed by atoms with van der Waals surface area (Å²) in [7, 11) is 1.24. The largest absolute Gasteiger partial charge is 0.514 e. The van der Waals surface area contributed by atoms with Gasteiger partial charge in [0, 0.05) is 24.2 Å². The molecule has 0 amide bonds. The Balaban J connectivity index is 1.81. The number of hydrogen-bond acceptors (Lipinski definition) is 5. The molecule has 0 heterocycles. The summed E-state index contributed by atoms with van der Waals surface area (Å²) in [5.41, 5.74) is -3.56. The predicted molar refractivity (Wildman–Crippen MR) is 190 cm³/mol. The zero-order valence-electron chi connectivity index (χ0n) is 31.7. The number of aryl methyl sites for hydroxylation is 1. The summed E-state index contributed by atoms with van der Waals surface area (Å²) in [5.74, 6) is -0.973. The third kappa shape index (κ3) is 10.5. The molecule has 0 aliphatic heterocycles. The highest BCUT2D eigenvalue weighted by molar-refractivity contribution is 5.75. The Kier molecular flexibility index (Phi) is 12.8. The highest BCUT2D eigenvalue weighted by atomic mass is 19.4. The van der Waals surface area contributed by atoms with Crippen molar-refractivity contribution in [1.29, 1.82) is 0 Å². The van der Waals surface area contributed by atoms with Crippen LogP contribution in [-0.2, 0) is 35.2 Å². The van der Waals surface area contributed by atoms with Gasteiger partial charge >= 0.3 is 24.7 Å². The number of halogens is 10. The van der Waals surface area contributed by atoms with Crippen molar-refractivity contribution in [2.75, 3.05) is 7.11 Å². The highest BCUT2D eigenvalue weighted by Crippen LogP contribution is 2.41. The van der Waals surface area contributed by atoms with Gasteiger partial charge < -0.3 is 19.5 Å². The molecule has 0 aliphatic rings. The number of benzene rings is 4. The minimum Gasteiger partial charge on any atom is -0.496 e. The molecular formula is C41H41F10NO4. The third-order valence-corrected chi connectivity index (χ3v) is 9.13. The molecule has 0 radical (unpaired) electrons. The minimum atomic E-state index is -5.25. The van der Waals surface area contributed by atoms with Crippen LogP contribution in [0.1, 0.15) is 98.1 Å². The van der Waals surface area contributed by atoms with Crippen molar-refractivity contribution >= 4 is 6.16 Å². The van der Waals surface area contributed by atoms with Crippen LogP contribution in [-0.4, -0.2) is 19.3 Å². The lowest BCUT2D eigenvalue weighted by atomic mass is 9.86. The van der Waals surface area contributed by atoms with Crippen LogP contribution in [0.3, 0.4) is 0 Å². The summed E-state index contributed by atoms with van der Waals surface area (Å²) in [6, 6.07) is 9.46. The van der Waals surface area contributed by atoms with E-state index in [4.69, 9.17) is 14.2 Å². The van der Waals surface area contributed by atoms with E-state index >= 15 is 0 Å². The number of hydrogen-bond donors (Lipinski definition) is 1. The summed E-state index contributed by atoms with van der Waals surface area (Å²) < 4.78 is 157. The molecule has 0 unspecified atom stereocenters. The smallest absolute Gasteiger partial charge is 0.496 e. The number of carbonyl (C=O) groups is 1. The molecule has 2 atom stereocenters. The van der Waals surface area contributed by atoms with Crippen LogP contribution in [0, 0.1) is 12.7 Å². The van der Waals surface area contributed by atoms with Crippen molar-refractivity contribution in [3.05, 3.63) is 117 Å². The molecule has 4 aromatic carbocycles. The Morgan fingerprint density at radius 2 is 1.27 bits per heavy atom. The number of nitrogens with one attached hydrogen (secondary N) is 1. The monoisotopic (exact) mass is 801 g/mol. The van der Waals surface area contributed by atoms with E-state index in [0.29, 0.717) is 17.7 Å². The maximum absolute atomic E-state index is 14.9. The quantitative estimate of drug-likeness (QED) is 0.0983. The molecule has 0 bridgehead atoms. The maximum Gasteiger partial charge on any atom is 0.514 e. The van der Waals surface area contributed by atoms with Crippen LogP contribution in [0.5, 0.6) is 11.5 Å². The Bertz CT molecular complexity index is 2010. The van der Waals surface area contributed by atoms with Crippen LogP contribution in [0.15, 0.2) is 66.7 Å². The number of methoxy groups -OCH3 is 1. The lowest BCUT2D eigenvalue weighted by Crippen LogP contribution is -2.35. The van der Waals surface area contributed by atoms with Gasteiger partial charge in [0.25, 0.3) is 0 Å². The fourth-order valence-electron chi connectivity index (χ4n) is 6.00. The van der Waals surface area contributed by atoms with Crippen molar-refractivity contribution in [3.63, 3.8) is 0 Å². The van der Waals surface area contributed by atoms with Crippen molar-refractivity contribution in [3.8, 4) is 22.6 Å². The molecule has 0 fully saturated rings. The molecule has 4 aromatic rings. The molecule has 56 heavy (non-hydrogen) atoms. The molecule has 15 heteroatoms. The second-order valence-electron chi connectivity index (χ2n) is 14.7. The molecule has 5 nitrogen and oxygen atoms in total. The molecule has 0 saturated carbocycles. The van der Waals surface area contributed by atoms with Gasteiger partial charge in [-0.25, -0.2) is 9.18 Å². The van der Waals surface area contributed by atoms with E-state index in [1.807, 2.05) is 20.8 Å². The zero-order valence-corrected chi connectivity index (χ0v) is 31.7. The van der Waals surface area contributed by atoms with E-state index in [9.17, 15) is 48.7 Å². The van der Waals surface area contributed by atoms with E-state index < -0.39 is 71.4 Å². The van der Waals surface area contributed by atoms with Crippen molar-refractivity contribution in [2.45, 2.75) is 97.0 Å². The van der Waals surface area contributed by atoms with Crippen LogP contribution in [0.4, 0.5) is 48.7 Å². The van der Waals surface area contributed by atoms with Gasteiger partial charge in [-0.05, 0) is 101 Å². The summed E-state index contributed by atoms with van der Waals surface area (Å²) in [4.78, 5) is 13.3. The van der Waals surface area contributed by atoms with Gasteiger partial charge in [-0.15, -0.1) is 0 Å². The number of rotatable bonds is 10. The Morgan fingerprint density at radius 3 is 1.77 bits per heavy atom. The summed E-state index contributed by atoms with van der Waals surface area (Å²) >= 11 is 0. The normalized spacial score (nSPS) is 13.8. The average molecular weight is 802 g/mol. The predicted octanol–water partition coefficient (Wildman–Crippen LogP) is 12.7. The lowest BCUT2D eigenvalue weighted by Gasteiger charge is -2.27. The van der Waals surface area contributed by atoms with Crippen LogP contribution >= 0.6 is 0 Å². The SMILES string of the molecule is COc1cc(F)c(C(C)C)cc1-c1ccc(C(F)(F)F)cc1CN[C@@H](C)[C@H](OC(=O)Oc1ccc(C(C)(C)C)cc1C)c1cc(C(F)(F)F)cc(C(F)(F)F)c1. The van der Waals surface area contributed by atoms with Crippen LogP contribution in [0.25, 0.3) is 11.1 Å². The molecule has 0 aliphatic carbocycles. The van der Waals surface area contributed by atoms with Crippen molar-refractivity contribution in [2.24, 2.45) is 0 Å². The van der Waals surface area contributed by atoms with E-state index in [1.165, 1.54) is 26.2 Å². The van der Waals surface area contributed by atoms with E-state index in [0.717, 1.165) is 29.8 Å². The second kappa shape index (κ2) is 16.4. The number of carbonyl (C=O) groups excluding carboxylic acids is 1. The average Bonchev–Trinajstić information content (AvgIpc) is 3.08. The number of alkyl halides is 9. The first kappa shape index (κ1) is 43.9. The number of ether oxygens (including phenoxy) is 3. The molecule has 304 valence electrons. The fourth-order valence-corrected chi connectivity index (χ4v) is 6.00. The molecule has 0 aromatic heterocycles. The van der Waals surface area contributed by atoms with Gasteiger partial charge in [0.2, 0.25) is 0 Å². The Hall–Kier alpha value is -4.79. The Morgan fingerprint density at radius 1 is 0.696 bits per heavy atom. The van der Waals surface area contributed by atoms with Crippen molar-refractivity contribution in [1.82, 2.24) is 5.32 Å². The van der Waals surface area contributed by atoms with Crippen molar-refractivity contribution < 1.29 is 62.9 Å². The van der Waals surface area contributed by atoms with E-state index in [1.54, 1.807) is 32.9 Å². The maximum atomic E-state index is 14.9. The third-order valence-electron chi connectivity index (χ3n) is 9.13. The first-order valence-electron chi connectivity index (χ1n) is 17.3. The minimum absolute atomic E-state index is 0.00463. The van der Waals surface area contributed by atoms with Gasteiger partial charge in [0.05, 0.1) is 23.8 Å². The topological polar surface area (TPSA) is 56.8 Å². The van der Waals surface area contributed by atoms with E-state index in [-0.39, 0.29) is 51.2 Å². The van der Waals surface area contributed by atoms with Gasteiger partial charge in [-0.1, -0.05) is 52.8 Å². The van der Waals surface area contributed by atoms with Gasteiger partial charge in [0.1, 0.15) is 23.4 Å².